The Bertz CT molecular complexity index is 446. The Morgan fingerprint density at radius 2 is 2.11 bits per heavy atom. The van der Waals surface area contributed by atoms with Crippen LogP contribution in [-0.4, -0.2) is 28.5 Å². The largest absolute Gasteiger partial charge is 0.481 e. The minimum Gasteiger partial charge on any atom is -0.481 e. The van der Waals surface area contributed by atoms with E-state index in [0.717, 1.165) is 5.69 Å². The van der Waals surface area contributed by atoms with Gasteiger partial charge in [0, 0.05) is 11.4 Å². The Morgan fingerprint density at radius 3 is 2.74 bits per heavy atom. The zero-order valence-corrected chi connectivity index (χ0v) is 12.0. The third kappa shape index (κ3) is 6.29. The van der Waals surface area contributed by atoms with Gasteiger partial charge in [0.2, 0.25) is 5.91 Å². The quantitative estimate of drug-likeness (QED) is 0.754. The maximum absolute atomic E-state index is 11.7. The second-order valence-electron chi connectivity index (χ2n) is 4.52. The Hall–Kier alpha value is -1.49. The van der Waals surface area contributed by atoms with Gasteiger partial charge in [-0.15, -0.1) is 0 Å². The first kappa shape index (κ1) is 15.6. The third-order valence-electron chi connectivity index (χ3n) is 2.53. The fraction of sp³-hybridized carbons (Fsp3) is 0.429. The van der Waals surface area contributed by atoms with E-state index >= 15 is 0 Å². The van der Waals surface area contributed by atoms with Crippen LogP contribution in [0.3, 0.4) is 0 Å². The normalized spacial score (nSPS) is 10.5. The topological polar surface area (TPSA) is 66.4 Å². The lowest BCUT2D eigenvalue weighted by molar-refractivity contribution is -0.136. The highest BCUT2D eigenvalue weighted by molar-refractivity contribution is 7.99. The number of anilines is 1. The average Bonchev–Trinajstić information content (AvgIpc) is 2.34. The maximum Gasteiger partial charge on any atom is 0.304 e. The van der Waals surface area contributed by atoms with Crippen molar-refractivity contribution in [1.82, 2.24) is 0 Å². The zero-order chi connectivity index (χ0) is 14.3. The van der Waals surface area contributed by atoms with Gasteiger partial charge in [-0.25, -0.2) is 0 Å². The Kier molecular flexibility index (Phi) is 6.42. The molecule has 5 heteroatoms. The van der Waals surface area contributed by atoms with Gasteiger partial charge in [-0.05, 0) is 23.6 Å². The van der Waals surface area contributed by atoms with Crippen LogP contribution < -0.4 is 5.32 Å². The zero-order valence-electron chi connectivity index (χ0n) is 11.2. The summed E-state index contributed by atoms with van der Waals surface area (Å²) in [6.45, 7) is 4.20. The van der Waals surface area contributed by atoms with Gasteiger partial charge in [0.25, 0.3) is 0 Å². The molecule has 0 aliphatic carbocycles. The minimum absolute atomic E-state index is 0.0841. The molecule has 1 aromatic carbocycles. The number of nitrogens with one attached hydrogen (secondary N) is 1. The van der Waals surface area contributed by atoms with Crippen LogP contribution in [0.4, 0.5) is 5.69 Å². The molecule has 0 bridgehead atoms. The van der Waals surface area contributed by atoms with Crippen LogP contribution in [0.1, 0.15) is 31.7 Å². The molecule has 0 heterocycles. The number of thioether (sulfide) groups is 1. The van der Waals surface area contributed by atoms with Crippen molar-refractivity contribution in [3.63, 3.8) is 0 Å². The van der Waals surface area contributed by atoms with Crippen molar-refractivity contribution in [2.24, 2.45) is 0 Å². The summed E-state index contributed by atoms with van der Waals surface area (Å²) < 4.78 is 0. The molecule has 4 nitrogen and oxygen atoms in total. The molecule has 1 aromatic rings. The van der Waals surface area contributed by atoms with Gasteiger partial charge in [0.1, 0.15) is 0 Å². The van der Waals surface area contributed by atoms with Crippen molar-refractivity contribution in [3.05, 3.63) is 29.8 Å². The first-order chi connectivity index (χ1) is 8.99. The molecule has 0 fully saturated rings. The fourth-order valence-corrected chi connectivity index (χ4v) is 2.22. The van der Waals surface area contributed by atoms with E-state index in [1.807, 2.05) is 24.3 Å². The number of carboxylic acid groups (broad SMARTS) is 1. The molecule has 1 amide bonds. The Labute approximate surface area is 117 Å². The van der Waals surface area contributed by atoms with Gasteiger partial charge in [-0.3, -0.25) is 9.59 Å². The molecule has 0 aliphatic rings. The molecule has 0 spiro atoms. The summed E-state index contributed by atoms with van der Waals surface area (Å²) in [5, 5.41) is 11.3. The van der Waals surface area contributed by atoms with Crippen LogP contribution in [0, 0.1) is 0 Å². The summed E-state index contributed by atoms with van der Waals surface area (Å²) >= 11 is 1.33. The van der Waals surface area contributed by atoms with Gasteiger partial charge in [-0.2, -0.15) is 11.8 Å². The Balaban J connectivity index is 2.39. The first-order valence-corrected chi connectivity index (χ1v) is 7.34. The summed E-state index contributed by atoms with van der Waals surface area (Å²) in [5.41, 5.74) is 1.96. The van der Waals surface area contributed by atoms with E-state index in [0.29, 0.717) is 11.7 Å². The van der Waals surface area contributed by atoms with Crippen molar-refractivity contribution in [2.75, 3.05) is 16.8 Å². The highest BCUT2D eigenvalue weighted by Gasteiger charge is 2.05. The van der Waals surface area contributed by atoms with E-state index in [9.17, 15) is 9.59 Å². The fourth-order valence-electron chi connectivity index (χ4n) is 1.50. The van der Waals surface area contributed by atoms with Crippen LogP contribution >= 0.6 is 11.8 Å². The van der Waals surface area contributed by atoms with E-state index in [-0.39, 0.29) is 18.1 Å². The molecule has 19 heavy (non-hydrogen) atoms. The number of carbonyl (C=O) groups excluding carboxylic acids is 1. The summed E-state index contributed by atoms with van der Waals surface area (Å²) in [4.78, 5) is 22.0. The molecule has 2 N–H and O–H groups in total. The average molecular weight is 281 g/mol. The highest BCUT2D eigenvalue weighted by Crippen LogP contribution is 2.18. The molecule has 0 saturated heterocycles. The number of carbonyl (C=O) groups is 2. The van der Waals surface area contributed by atoms with Gasteiger partial charge in [0.15, 0.2) is 0 Å². The molecule has 0 radical (unpaired) electrons. The summed E-state index contributed by atoms with van der Waals surface area (Å²) in [7, 11) is 0. The molecular weight excluding hydrogens is 262 g/mol. The van der Waals surface area contributed by atoms with E-state index in [1.165, 1.54) is 17.3 Å². The van der Waals surface area contributed by atoms with E-state index in [4.69, 9.17) is 5.11 Å². The van der Waals surface area contributed by atoms with E-state index in [1.54, 1.807) is 0 Å². The van der Waals surface area contributed by atoms with Crippen LogP contribution in [0.2, 0.25) is 0 Å². The van der Waals surface area contributed by atoms with Crippen molar-refractivity contribution < 1.29 is 14.7 Å². The predicted octanol–water partition coefficient (Wildman–Crippen LogP) is 2.96. The molecule has 0 saturated carbocycles. The molecule has 104 valence electrons. The summed E-state index contributed by atoms with van der Waals surface area (Å²) in [6.07, 6.45) is 0.0841. The number of aliphatic carboxylic acids is 1. The molecule has 1 rings (SSSR count). The van der Waals surface area contributed by atoms with Gasteiger partial charge >= 0.3 is 5.97 Å². The molecule has 0 aliphatic heterocycles. The standard InChI is InChI=1S/C14H19NO3S/c1-10(2)11-4-3-5-12(8-11)15-13(16)9-19-7-6-14(17)18/h3-5,8,10H,6-7,9H2,1-2H3,(H,15,16)(H,17,18). The number of rotatable bonds is 7. The molecule has 0 aromatic heterocycles. The van der Waals surface area contributed by atoms with Crippen molar-refractivity contribution in [1.29, 1.82) is 0 Å². The molecule has 0 atom stereocenters. The van der Waals surface area contributed by atoms with Crippen LogP contribution in [0.15, 0.2) is 24.3 Å². The van der Waals surface area contributed by atoms with E-state index < -0.39 is 5.97 Å². The second-order valence-corrected chi connectivity index (χ2v) is 5.63. The van der Waals surface area contributed by atoms with Crippen molar-refractivity contribution in [2.45, 2.75) is 26.2 Å². The number of amides is 1. The van der Waals surface area contributed by atoms with E-state index in [2.05, 4.69) is 19.2 Å². The van der Waals surface area contributed by atoms with Crippen LogP contribution in [0.25, 0.3) is 0 Å². The minimum atomic E-state index is -0.836. The SMILES string of the molecule is CC(C)c1cccc(NC(=O)CSCCC(=O)O)c1. The van der Waals surface area contributed by atoms with Crippen LogP contribution in [-0.2, 0) is 9.59 Å². The lowest BCUT2D eigenvalue weighted by atomic mass is 10.0. The maximum atomic E-state index is 11.7. The molecular formula is C14H19NO3S. The summed E-state index contributed by atoms with van der Waals surface area (Å²) in [5.74, 6) is 0.212. The third-order valence-corrected chi connectivity index (χ3v) is 3.49. The molecule has 0 unspecified atom stereocenters. The lowest BCUT2D eigenvalue weighted by Gasteiger charge is -2.09. The van der Waals surface area contributed by atoms with Gasteiger partial charge in [0.05, 0.1) is 12.2 Å². The summed E-state index contributed by atoms with van der Waals surface area (Å²) in [6, 6.07) is 7.76. The smallest absolute Gasteiger partial charge is 0.304 e. The second kappa shape index (κ2) is 7.84. The number of hydrogen-bond acceptors (Lipinski definition) is 3. The number of carboxylic acids is 1. The monoisotopic (exact) mass is 281 g/mol. The lowest BCUT2D eigenvalue weighted by Crippen LogP contribution is -2.14. The van der Waals surface area contributed by atoms with Gasteiger partial charge in [-0.1, -0.05) is 26.0 Å². The number of benzene rings is 1. The Morgan fingerprint density at radius 1 is 1.37 bits per heavy atom. The first-order valence-electron chi connectivity index (χ1n) is 6.18. The van der Waals surface area contributed by atoms with Crippen molar-refractivity contribution in [3.8, 4) is 0 Å². The predicted molar refractivity (Wildman–Crippen MR) is 78.7 cm³/mol. The van der Waals surface area contributed by atoms with Gasteiger partial charge < -0.3 is 10.4 Å². The van der Waals surface area contributed by atoms with Crippen LogP contribution in [0.5, 0.6) is 0 Å². The number of hydrogen-bond donors (Lipinski definition) is 2. The highest BCUT2D eigenvalue weighted by atomic mass is 32.2. The van der Waals surface area contributed by atoms with Crippen molar-refractivity contribution >= 4 is 29.3 Å².